The molecule has 0 spiro atoms. The van der Waals surface area contributed by atoms with E-state index in [0.717, 1.165) is 11.3 Å². The van der Waals surface area contributed by atoms with Crippen LogP contribution in [0.2, 0.25) is 0 Å². The van der Waals surface area contributed by atoms with Crippen molar-refractivity contribution in [1.82, 2.24) is 15.5 Å². The van der Waals surface area contributed by atoms with Crippen molar-refractivity contribution in [1.29, 1.82) is 0 Å². The van der Waals surface area contributed by atoms with E-state index in [1.807, 2.05) is 24.3 Å². The van der Waals surface area contributed by atoms with Gasteiger partial charge in [-0.3, -0.25) is 4.79 Å². The Hall–Kier alpha value is -2.74. The summed E-state index contributed by atoms with van der Waals surface area (Å²) in [5.74, 6) is 1.39. The molecule has 0 aliphatic carbocycles. The van der Waals surface area contributed by atoms with Crippen molar-refractivity contribution in [3.63, 3.8) is 0 Å². The number of aromatic nitrogens is 2. The normalized spacial score (nSPS) is 11.9. The molecule has 3 aromatic rings. The van der Waals surface area contributed by atoms with Crippen LogP contribution in [0.1, 0.15) is 12.5 Å². The van der Waals surface area contributed by atoms with Crippen LogP contribution in [-0.2, 0) is 11.3 Å². The highest BCUT2D eigenvalue weighted by atomic mass is 32.2. The van der Waals surface area contributed by atoms with Crippen molar-refractivity contribution in [2.24, 2.45) is 0 Å². The summed E-state index contributed by atoms with van der Waals surface area (Å²) >= 11 is 1.19. The molecule has 0 bridgehead atoms. The number of hydrogen-bond acceptors (Lipinski definition) is 7. The maximum atomic E-state index is 12.3. The minimum atomic E-state index is -0.389. The van der Waals surface area contributed by atoms with Crippen LogP contribution >= 0.6 is 11.8 Å². The van der Waals surface area contributed by atoms with Gasteiger partial charge in [0.1, 0.15) is 5.75 Å². The number of carbonyl (C=O) groups excluding carboxylic acids is 1. The molecule has 3 rings (SSSR count). The molecule has 2 heterocycles. The Morgan fingerprint density at radius 2 is 2.12 bits per heavy atom. The SMILES string of the molecule is COc1ccccc1CNC(=O)C(C)Sc1nnc(-c2ccco2)o1. The van der Waals surface area contributed by atoms with E-state index >= 15 is 0 Å². The van der Waals surface area contributed by atoms with Crippen molar-refractivity contribution >= 4 is 17.7 Å². The summed E-state index contributed by atoms with van der Waals surface area (Å²) in [6.07, 6.45) is 1.53. The van der Waals surface area contributed by atoms with E-state index < -0.39 is 0 Å². The molecule has 8 heteroatoms. The standard InChI is InChI=1S/C17H17N3O4S/c1-11(15(21)18-10-12-6-3-4-7-13(12)22-2)25-17-20-19-16(24-17)14-8-5-9-23-14/h3-9,11H,10H2,1-2H3,(H,18,21). The number of benzene rings is 1. The number of thioether (sulfide) groups is 1. The molecule has 1 aromatic carbocycles. The second kappa shape index (κ2) is 7.89. The van der Waals surface area contributed by atoms with E-state index in [0.29, 0.717) is 17.5 Å². The van der Waals surface area contributed by atoms with E-state index in [9.17, 15) is 4.79 Å². The molecule has 130 valence electrons. The quantitative estimate of drug-likeness (QED) is 0.648. The number of amides is 1. The molecule has 0 aliphatic heterocycles. The van der Waals surface area contributed by atoms with Crippen LogP contribution in [0.4, 0.5) is 0 Å². The van der Waals surface area contributed by atoms with Gasteiger partial charge in [-0.1, -0.05) is 30.0 Å². The van der Waals surface area contributed by atoms with Crippen LogP contribution in [0.15, 0.2) is 56.7 Å². The third kappa shape index (κ3) is 4.21. The van der Waals surface area contributed by atoms with Gasteiger partial charge in [0.05, 0.1) is 18.6 Å². The van der Waals surface area contributed by atoms with Crippen LogP contribution in [-0.4, -0.2) is 28.5 Å². The fourth-order valence-electron chi connectivity index (χ4n) is 2.14. The van der Waals surface area contributed by atoms with E-state index in [2.05, 4.69) is 15.5 Å². The van der Waals surface area contributed by atoms with Crippen LogP contribution in [0, 0.1) is 0 Å². The fourth-order valence-corrected chi connectivity index (χ4v) is 2.84. The Balaban J connectivity index is 1.56. The Morgan fingerprint density at radius 3 is 2.88 bits per heavy atom. The number of furan rings is 1. The second-order valence-corrected chi connectivity index (χ2v) is 6.43. The van der Waals surface area contributed by atoms with Crippen molar-refractivity contribution in [2.45, 2.75) is 23.9 Å². The zero-order valence-electron chi connectivity index (χ0n) is 13.8. The summed E-state index contributed by atoms with van der Waals surface area (Å²) in [4.78, 5) is 12.3. The van der Waals surface area contributed by atoms with Crippen LogP contribution in [0.3, 0.4) is 0 Å². The van der Waals surface area contributed by atoms with Gasteiger partial charge in [-0.15, -0.1) is 10.2 Å². The Bertz CT molecular complexity index is 832. The zero-order chi connectivity index (χ0) is 17.6. The van der Waals surface area contributed by atoms with Gasteiger partial charge in [0.25, 0.3) is 11.1 Å². The number of nitrogens with one attached hydrogen (secondary N) is 1. The predicted octanol–water partition coefficient (Wildman–Crippen LogP) is 3.14. The lowest BCUT2D eigenvalue weighted by Crippen LogP contribution is -2.30. The highest BCUT2D eigenvalue weighted by Crippen LogP contribution is 2.26. The Kier molecular flexibility index (Phi) is 5.39. The molecular formula is C17H17N3O4S. The van der Waals surface area contributed by atoms with Crippen molar-refractivity contribution in [3.05, 3.63) is 48.2 Å². The van der Waals surface area contributed by atoms with Gasteiger partial charge < -0.3 is 18.9 Å². The summed E-state index contributed by atoms with van der Waals surface area (Å²) in [6.45, 7) is 2.16. The fraction of sp³-hybridized carbons (Fsp3) is 0.235. The van der Waals surface area contributed by atoms with Crippen molar-refractivity contribution in [2.75, 3.05) is 7.11 Å². The van der Waals surface area contributed by atoms with E-state index in [4.69, 9.17) is 13.6 Å². The molecule has 25 heavy (non-hydrogen) atoms. The molecule has 1 unspecified atom stereocenters. The highest BCUT2D eigenvalue weighted by molar-refractivity contribution is 8.00. The maximum absolute atomic E-state index is 12.3. The van der Waals surface area contributed by atoms with Gasteiger partial charge in [0.2, 0.25) is 5.91 Å². The highest BCUT2D eigenvalue weighted by Gasteiger charge is 2.19. The first-order valence-corrected chi connectivity index (χ1v) is 8.49. The smallest absolute Gasteiger partial charge is 0.284 e. The number of carbonyl (C=O) groups is 1. The molecule has 1 amide bonds. The number of ether oxygens (including phenoxy) is 1. The van der Waals surface area contributed by atoms with Gasteiger partial charge in [-0.2, -0.15) is 0 Å². The van der Waals surface area contributed by atoms with Gasteiger partial charge in [-0.05, 0) is 25.1 Å². The second-order valence-electron chi connectivity index (χ2n) is 5.14. The lowest BCUT2D eigenvalue weighted by molar-refractivity contribution is -0.120. The van der Waals surface area contributed by atoms with Crippen LogP contribution in [0.25, 0.3) is 11.7 Å². The minimum absolute atomic E-state index is 0.131. The van der Waals surface area contributed by atoms with E-state index in [-0.39, 0.29) is 17.0 Å². The van der Waals surface area contributed by atoms with Gasteiger partial charge in [0.15, 0.2) is 5.76 Å². The maximum Gasteiger partial charge on any atom is 0.284 e. The first-order valence-electron chi connectivity index (χ1n) is 7.61. The largest absolute Gasteiger partial charge is 0.496 e. The number of nitrogens with zero attached hydrogens (tertiary/aromatic N) is 2. The molecule has 0 fully saturated rings. The number of para-hydroxylation sites is 1. The molecule has 0 saturated heterocycles. The lowest BCUT2D eigenvalue weighted by Gasteiger charge is -2.12. The molecule has 1 N–H and O–H groups in total. The average molecular weight is 359 g/mol. The number of methoxy groups -OCH3 is 1. The first kappa shape index (κ1) is 17.1. The van der Waals surface area contributed by atoms with Crippen molar-refractivity contribution < 1.29 is 18.4 Å². The average Bonchev–Trinajstić information content (AvgIpc) is 3.31. The van der Waals surface area contributed by atoms with Gasteiger partial charge in [-0.25, -0.2) is 0 Å². The van der Waals surface area contributed by atoms with Crippen LogP contribution < -0.4 is 10.1 Å². The van der Waals surface area contributed by atoms with E-state index in [1.165, 1.54) is 18.0 Å². The molecule has 0 aliphatic rings. The van der Waals surface area contributed by atoms with Crippen LogP contribution in [0.5, 0.6) is 5.75 Å². The minimum Gasteiger partial charge on any atom is -0.496 e. The zero-order valence-corrected chi connectivity index (χ0v) is 14.6. The third-order valence-electron chi connectivity index (χ3n) is 3.43. The summed E-state index contributed by atoms with van der Waals surface area (Å²) in [5.41, 5.74) is 0.911. The molecule has 0 saturated carbocycles. The molecule has 7 nitrogen and oxygen atoms in total. The summed E-state index contributed by atoms with van der Waals surface area (Å²) in [6, 6.07) is 11.0. The number of hydrogen-bond donors (Lipinski definition) is 1. The Labute approximate surface area is 148 Å². The Morgan fingerprint density at radius 1 is 1.28 bits per heavy atom. The monoisotopic (exact) mass is 359 g/mol. The summed E-state index contributed by atoms with van der Waals surface area (Å²) in [5, 5.41) is 10.6. The first-order chi connectivity index (χ1) is 12.2. The van der Waals surface area contributed by atoms with Crippen molar-refractivity contribution in [3.8, 4) is 17.4 Å². The topological polar surface area (TPSA) is 90.4 Å². The summed E-state index contributed by atoms with van der Waals surface area (Å²) < 4.78 is 16.0. The molecular weight excluding hydrogens is 342 g/mol. The molecule has 2 aromatic heterocycles. The van der Waals surface area contributed by atoms with Gasteiger partial charge in [0, 0.05) is 12.1 Å². The lowest BCUT2D eigenvalue weighted by atomic mass is 10.2. The predicted molar refractivity (Wildman–Crippen MR) is 92.2 cm³/mol. The molecule has 1 atom stereocenters. The van der Waals surface area contributed by atoms with Gasteiger partial charge >= 0.3 is 0 Å². The number of rotatable bonds is 7. The van der Waals surface area contributed by atoms with E-state index in [1.54, 1.807) is 26.2 Å². The summed E-state index contributed by atoms with van der Waals surface area (Å²) in [7, 11) is 1.60. The third-order valence-corrected chi connectivity index (χ3v) is 4.37. The molecule has 0 radical (unpaired) electrons.